The highest BCUT2D eigenvalue weighted by Gasteiger charge is 2.26. The number of rotatable bonds is 3. The number of ether oxygens (including phenoxy) is 1. The third-order valence-corrected chi connectivity index (χ3v) is 4.45. The molecule has 3 rings (SSSR count). The van der Waals surface area contributed by atoms with Crippen molar-refractivity contribution in [3.8, 4) is 5.75 Å². The molecule has 1 saturated heterocycles. The van der Waals surface area contributed by atoms with Crippen LogP contribution in [0.3, 0.4) is 0 Å². The number of halogens is 2. The van der Waals surface area contributed by atoms with Gasteiger partial charge in [-0.25, -0.2) is 0 Å². The topological polar surface area (TPSA) is 12.5 Å². The van der Waals surface area contributed by atoms with Gasteiger partial charge in [0.15, 0.2) is 0 Å². The quantitative estimate of drug-likeness (QED) is 0.789. The van der Waals surface area contributed by atoms with Gasteiger partial charge in [0.1, 0.15) is 5.75 Å². The molecule has 2 aliphatic heterocycles. The van der Waals surface area contributed by atoms with Crippen LogP contribution >= 0.6 is 23.2 Å². The van der Waals surface area contributed by atoms with Crippen molar-refractivity contribution in [1.82, 2.24) is 4.90 Å². The summed E-state index contributed by atoms with van der Waals surface area (Å²) in [7, 11) is 0. The molecule has 0 bridgehead atoms. The van der Waals surface area contributed by atoms with Gasteiger partial charge in [0.2, 0.25) is 0 Å². The number of hydrogen-bond acceptors (Lipinski definition) is 2. The van der Waals surface area contributed by atoms with E-state index in [1.54, 1.807) is 0 Å². The van der Waals surface area contributed by atoms with Crippen molar-refractivity contribution in [3.05, 3.63) is 28.3 Å². The Morgan fingerprint density at radius 2 is 2.28 bits per heavy atom. The first-order chi connectivity index (χ1) is 8.78. The SMILES string of the molecule is ClCC1CCCN1Cc1cc(Cl)cc2c1OCC2. The maximum atomic E-state index is 6.18. The van der Waals surface area contributed by atoms with Crippen molar-refractivity contribution < 1.29 is 4.74 Å². The predicted octanol–water partition coefficient (Wildman–Crippen LogP) is 3.48. The van der Waals surface area contributed by atoms with Gasteiger partial charge in [-0.2, -0.15) is 0 Å². The molecule has 0 spiro atoms. The summed E-state index contributed by atoms with van der Waals surface area (Å²) in [6, 6.07) is 4.56. The zero-order valence-corrected chi connectivity index (χ0v) is 11.8. The van der Waals surface area contributed by atoms with Gasteiger partial charge in [0, 0.05) is 35.5 Å². The minimum atomic E-state index is 0.503. The van der Waals surface area contributed by atoms with Gasteiger partial charge >= 0.3 is 0 Å². The van der Waals surface area contributed by atoms with E-state index in [0.717, 1.165) is 36.9 Å². The van der Waals surface area contributed by atoms with Crippen molar-refractivity contribution in [1.29, 1.82) is 0 Å². The van der Waals surface area contributed by atoms with E-state index in [4.69, 9.17) is 27.9 Å². The Kier molecular flexibility index (Phi) is 3.69. The maximum Gasteiger partial charge on any atom is 0.127 e. The first kappa shape index (κ1) is 12.6. The lowest BCUT2D eigenvalue weighted by Gasteiger charge is -2.23. The lowest BCUT2D eigenvalue weighted by Crippen LogP contribution is -2.30. The molecule has 0 amide bonds. The molecule has 2 nitrogen and oxygen atoms in total. The van der Waals surface area contributed by atoms with Crippen LogP contribution in [0, 0.1) is 0 Å². The van der Waals surface area contributed by atoms with E-state index in [0.29, 0.717) is 11.9 Å². The summed E-state index contributed by atoms with van der Waals surface area (Å²) in [4.78, 5) is 2.45. The van der Waals surface area contributed by atoms with Crippen molar-refractivity contribution >= 4 is 23.2 Å². The summed E-state index contributed by atoms with van der Waals surface area (Å²) in [6.45, 7) is 2.81. The van der Waals surface area contributed by atoms with Gasteiger partial charge in [-0.1, -0.05) is 11.6 Å². The molecule has 1 fully saturated rings. The highest BCUT2D eigenvalue weighted by atomic mass is 35.5. The highest BCUT2D eigenvalue weighted by Crippen LogP contribution is 2.34. The van der Waals surface area contributed by atoms with Crippen LogP contribution in [0.15, 0.2) is 12.1 Å². The Balaban J connectivity index is 1.84. The molecule has 4 heteroatoms. The fraction of sp³-hybridized carbons (Fsp3) is 0.571. The Hall–Kier alpha value is -0.440. The van der Waals surface area contributed by atoms with Crippen LogP contribution < -0.4 is 4.74 Å². The number of fused-ring (bicyclic) bond motifs is 1. The lowest BCUT2D eigenvalue weighted by atomic mass is 10.1. The summed E-state index contributed by atoms with van der Waals surface area (Å²) < 4.78 is 5.75. The molecule has 1 aromatic rings. The first-order valence-electron chi connectivity index (χ1n) is 6.52. The minimum Gasteiger partial charge on any atom is -0.493 e. The monoisotopic (exact) mass is 285 g/mol. The van der Waals surface area contributed by atoms with Gasteiger partial charge < -0.3 is 4.74 Å². The fourth-order valence-electron chi connectivity index (χ4n) is 2.96. The van der Waals surface area contributed by atoms with Crippen molar-refractivity contribution in [2.75, 3.05) is 19.0 Å². The van der Waals surface area contributed by atoms with Crippen LogP contribution in [0.4, 0.5) is 0 Å². The second kappa shape index (κ2) is 5.28. The number of nitrogens with zero attached hydrogens (tertiary/aromatic N) is 1. The second-order valence-corrected chi connectivity index (χ2v) is 5.82. The van der Waals surface area contributed by atoms with Gasteiger partial charge in [-0.05, 0) is 37.1 Å². The van der Waals surface area contributed by atoms with Crippen LogP contribution in [0.2, 0.25) is 5.02 Å². The third kappa shape index (κ3) is 2.34. The maximum absolute atomic E-state index is 6.18. The molecule has 2 aliphatic rings. The van der Waals surface area contributed by atoms with Gasteiger partial charge in [-0.3, -0.25) is 4.90 Å². The zero-order chi connectivity index (χ0) is 12.5. The Morgan fingerprint density at radius 1 is 1.39 bits per heavy atom. The second-order valence-electron chi connectivity index (χ2n) is 5.07. The molecule has 98 valence electrons. The molecule has 1 aromatic carbocycles. The van der Waals surface area contributed by atoms with E-state index in [9.17, 15) is 0 Å². The minimum absolute atomic E-state index is 0.503. The molecule has 0 N–H and O–H groups in total. The molecule has 18 heavy (non-hydrogen) atoms. The Bertz CT molecular complexity index is 450. The predicted molar refractivity (Wildman–Crippen MR) is 74.8 cm³/mol. The molecule has 2 heterocycles. The van der Waals surface area contributed by atoms with Gasteiger partial charge in [0.05, 0.1) is 6.61 Å². The van der Waals surface area contributed by atoms with E-state index in [-0.39, 0.29) is 0 Å². The van der Waals surface area contributed by atoms with Crippen LogP contribution in [0.5, 0.6) is 5.75 Å². The van der Waals surface area contributed by atoms with Crippen molar-refractivity contribution in [2.45, 2.75) is 31.8 Å². The van der Waals surface area contributed by atoms with Gasteiger partial charge in [0.25, 0.3) is 0 Å². The summed E-state index contributed by atoms with van der Waals surface area (Å²) in [5.74, 6) is 1.77. The molecule has 1 unspecified atom stereocenters. The lowest BCUT2D eigenvalue weighted by molar-refractivity contribution is 0.257. The summed E-state index contributed by atoms with van der Waals surface area (Å²) in [5.41, 5.74) is 2.46. The molecule has 0 saturated carbocycles. The van der Waals surface area contributed by atoms with E-state index >= 15 is 0 Å². The smallest absolute Gasteiger partial charge is 0.127 e. The third-order valence-electron chi connectivity index (χ3n) is 3.88. The van der Waals surface area contributed by atoms with Crippen molar-refractivity contribution in [2.24, 2.45) is 0 Å². The number of alkyl halides is 1. The van der Waals surface area contributed by atoms with E-state index in [1.165, 1.54) is 24.0 Å². The number of benzene rings is 1. The standard InChI is InChI=1S/C14H17Cl2NO/c15-8-13-2-1-4-17(13)9-11-7-12(16)6-10-3-5-18-14(10)11/h6-7,13H,1-5,8-9H2. The molecule has 0 aliphatic carbocycles. The fourth-order valence-corrected chi connectivity index (χ4v) is 3.57. The number of likely N-dealkylation sites (tertiary alicyclic amines) is 1. The average molecular weight is 286 g/mol. The average Bonchev–Trinajstić information content (AvgIpc) is 2.96. The Labute approximate surface area is 118 Å². The van der Waals surface area contributed by atoms with E-state index < -0.39 is 0 Å². The van der Waals surface area contributed by atoms with E-state index in [1.807, 2.05) is 12.1 Å². The summed E-state index contributed by atoms with van der Waals surface area (Å²) in [5, 5.41) is 0.816. The molecular weight excluding hydrogens is 269 g/mol. The first-order valence-corrected chi connectivity index (χ1v) is 7.43. The number of hydrogen-bond donors (Lipinski definition) is 0. The molecule has 1 atom stereocenters. The van der Waals surface area contributed by atoms with Crippen LogP contribution in [-0.2, 0) is 13.0 Å². The molecular formula is C14H17Cl2NO. The van der Waals surface area contributed by atoms with Crippen molar-refractivity contribution in [3.63, 3.8) is 0 Å². The molecule has 0 aromatic heterocycles. The largest absolute Gasteiger partial charge is 0.493 e. The normalized spacial score (nSPS) is 23.1. The Morgan fingerprint density at radius 3 is 3.11 bits per heavy atom. The van der Waals surface area contributed by atoms with Crippen LogP contribution in [-0.4, -0.2) is 30.0 Å². The van der Waals surface area contributed by atoms with Crippen LogP contribution in [0.1, 0.15) is 24.0 Å². The molecule has 0 radical (unpaired) electrons. The van der Waals surface area contributed by atoms with Crippen LogP contribution in [0.25, 0.3) is 0 Å². The van der Waals surface area contributed by atoms with Gasteiger partial charge in [-0.15, -0.1) is 11.6 Å². The zero-order valence-electron chi connectivity index (χ0n) is 10.3. The van der Waals surface area contributed by atoms with E-state index in [2.05, 4.69) is 4.90 Å². The highest BCUT2D eigenvalue weighted by molar-refractivity contribution is 6.30. The summed E-state index contributed by atoms with van der Waals surface area (Å²) in [6.07, 6.45) is 3.41. The summed E-state index contributed by atoms with van der Waals surface area (Å²) >= 11 is 12.2.